The summed E-state index contributed by atoms with van der Waals surface area (Å²) in [5.74, 6) is -2.25. The van der Waals surface area contributed by atoms with Crippen LogP contribution in [0, 0.1) is 11.6 Å². The number of anilines is 1. The van der Waals surface area contributed by atoms with Gasteiger partial charge in [-0.25, -0.2) is 13.6 Å². The van der Waals surface area contributed by atoms with Crippen LogP contribution in [0.5, 0.6) is 0 Å². The van der Waals surface area contributed by atoms with Crippen molar-refractivity contribution in [3.63, 3.8) is 0 Å². The van der Waals surface area contributed by atoms with Gasteiger partial charge in [0.1, 0.15) is 17.2 Å². The number of pyridine rings is 1. The molecule has 0 aliphatic heterocycles. The second-order valence-electron chi connectivity index (χ2n) is 3.82. The lowest BCUT2D eigenvalue weighted by Crippen LogP contribution is -2.08. The molecule has 0 unspecified atom stereocenters. The Kier molecular flexibility index (Phi) is 3.70. The van der Waals surface area contributed by atoms with Crippen molar-refractivity contribution < 1.29 is 18.7 Å². The Labute approximate surface area is 107 Å². The Morgan fingerprint density at radius 1 is 1.32 bits per heavy atom. The molecular weight excluding hydrogens is 254 g/mol. The van der Waals surface area contributed by atoms with Crippen LogP contribution < -0.4 is 5.32 Å². The molecule has 2 N–H and O–H groups in total. The monoisotopic (exact) mass is 264 g/mol. The lowest BCUT2D eigenvalue weighted by atomic mass is 10.2. The summed E-state index contributed by atoms with van der Waals surface area (Å²) >= 11 is 0. The van der Waals surface area contributed by atoms with Crippen LogP contribution in [-0.4, -0.2) is 16.1 Å². The summed E-state index contributed by atoms with van der Waals surface area (Å²) in [6.07, 6.45) is 2.60. The first-order valence-electron chi connectivity index (χ1n) is 5.43. The van der Waals surface area contributed by atoms with Crippen LogP contribution in [0.4, 0.5) is 14.5 Å². The topological polar surface area (TPSA) is 62.2 Å². The molecule has 0 atom stereocenters. The van der Waals surface area contributed by atoms with Gasteiger partial charge in [0.15, 0.2) is 0 Å². The Balaban J connectivity index is 2.19. The number of carboxylic acids is 1. The first-order chi connectivity index (χ1) is 9.08. The predicted octanol–water partition coefficient (Wildman–Crippen LogP) is 2.67. The summed E-state index contributed by atoms with van der Waals surface area (Å²) in [6.45, 7) is -0.0200. The van der Waals surface area contributed by atoms with Crippen LogP contribution in [0.3, 0.4) is 0 Å². The standard InChI is InChI=1S/C13H10F2N2O2/c14-9-1-2-11(15)8(5-9)6-17-12-3-4-16-7-10(12)13(18)19/h1-5,7H,6H2,(H,16,17)(H,18,19). The Hall–Kier alpha value is -2.50. The molecule has 0 radical (unpaired) electrons. The van der Waals surface area contributed by atoms with Gasteiger partial charge in [-0.15, -0.1) is 0 Å². The van der Waals surface area contributed by atoms with Crippen molar-refractivity contribution in [1.82, 2.24) is 4.98 Å². The molecule has 2 rings (SSSR count). The molecule has 1 aromatic carbocycles. The maximum Gasteiger partial charge on any atom is 0.339 e. The van der Waals surface area contributed by atoms with E-state index < -0.39 is 17.6 Å². The van der Waals surface area contributed by atoms with E-state index in [1.165, 1.54) is 18.5 Å². The van der Waals surface area contributed by atoms with E-state index in [1.54, 1.807) is 0 Å². The minimum atomic E-state index is -1.14. The van der Waals surface area contributed by atoms with Crippen molar-refractivity contribution in [3.8, 4) is 0 Å². The van der Waals surface area contributed by atoms with Crippen LogP contribution in [0.1, 0.15) is 15.9 Å². The van der Waals surface area contributed by atoms with Crippen molar-refractivity contribution in [2.24, 2.45) is 0 Å². The fourth-order valence-electron chi connectivity index (χ4n) is 1.59. The molecule has 0 fully saturated rings. The Morgan fingerprint density at radius 2 is 2.11 bits per heavy atom. The molecular formula is C13H10F2N2O2. The first kappa shape index (κ1) is 12.9. The van der Waals surface area contributed by atoms with Crippen molar-refractivity contribution >= 4 is 11.7 Å². The minimum absolute atomic E-state index is 0.0200. The largest absolute Gasteiger partial charge is 0.478 e. The second kappa shape index (κ2) is 5.43. The molecule has 0 spiro atoms. The number of hydrogen-bond acceptors (Lipinski definition) is 3. The highest BCUT2D eigenvalue weighted by Crippen LogP contribution is 2.16. The number of carbonyl (C=O) groups is 1. The molecule has 0 saturated heterocycles. The normalized spacial score (nSPS) is 10.2. The van der Waals surface area contributed by atoms with Gasteiger partial charge in [0.05, 0.1) is 5.69 Å². The molecule has 0 saturated carbocycles. The number of halogens is 2. The van der Waals surface area contributed by atoms with Gasteiger partial charge < -0.3 is 10.4 Å². The maximum absolute atomic E-state index is 13.4. The average molecular weight is 264 g/mol. The molecule has 1 aromatic heterocycles. The summed E-state index contributed by atoms with van der Waals surface area (Å²) < 4.78 is 26.4. The summed E-state index contributed by atoms with van der Waals surface area (Å²) in [5, 5.41) is 11.7. The molecule has 98 valence electrons. The van der Waals surface area contributed by atoms with Gasteiger partial charge in [0.2, 0.25) is 0 Å². The molecule has 6 heteroatoms. The van der Waals surface area contributed by atoms with E-state index in [1.807, 2.05) is 0 Å². The first-order valence-corrected chi connectivity index (χ1v) is 5.43. The molecule has 4 nitrogen and oxygen atoms in total. The fraction of sp³-hybridized carbons (Fsp3) is 0.0769. The van der Waals surface area contributed by atoms with Crippen molar-refractivity contribution in [3.05, 3.63) is 59.4 Å². The number of aromatic nitrogens is 1. The number of rotatable bonds is 4. The van der Waals surface area contributed by atoms with E-state index in [4.69, 9.17) is 5.11 Å². The summed E-state index contributed by atoms with van der Waals surface area (Å²) in [7, 11) is 0. The van der Waals surface area contributed by atoms with Crippen LogP contribution in [0.25, 0.3) is 0 Å². The van der Waals surface area contributed by atoms with Crippen LogP contribution in [-0.2, 0) is 6.54 Å². The maximum atomic E-state index is 13.4. The van der Waals surface area contributed by atoms with Gasteiger partial charge in [-0.1, -0.05) is 0 Å². The van der Waals surface area contributed by atoms with Gasteiger partial charge in [0, 0.05) is 24.5 Å². The van der Waals surface area contributed by atoms with Gasteiger partial charge in [-0.05, 0) is 24.3 Å². The third kappa shape index (κ3) is 3.04. The number of nitrogens with one attached hydrogen (secondary N) is 1. The number of nitrogens with zero attached hydrogens (tertiary/aromatic N) is 1. The summed E-state index contributed by atoms with van der Waals surface area (Å²) in [6, 6.07) is 4.57. The minimum Gasteiger partial charge on any atom is -0.478 e. The third-order valence-corrected chi connectivity index (χ3v) is 2.53. The highest BCUT2D eigenvalue weighted by atomic mass is 19.1. The van der Waals surface area contributed by atoms with Crippen molar-refractivity contribution in [2.45, 2.75) is 6.54 Å². The number of aromatic carboxylic acids is 1. The highest BCUT2D eigenvalue weighted by Gasteiger charge is 2.10. The molecule has 0 bridgehead atoms. The predicted molar refractivity (Wildman–Crippen MR) is 64.9 cm³/mol. The fourth-order valence-corrected chi connectivity index (χ4v) is 1.59. The lowest BCUT2D eigenvalue weighted by molar-refractivity contribution is 0.0697. The molecule has 0 amide bonds. The van der Waals surface area contributed by atoms with Crippen LogP contribution >= 0.6 is 0 Å². The number of hydrogen-bond donors (Lipinski definition) is 2. The van der Waals surface area contributed by atoms with E-state index >= 15 is 0 Å². The van der Waals surface area contributed by atoms with Crippen LogP contribution in [0.15, 0.2) is 36.7 Å². The Bertz CT molecular complexity index is 617. The van der Waals surface area contributed by atoms with Crippen LogP contribution in [0.2, 0.25) is 0 Å². The van der Waals surface area contributed by atoms with Gasteiger partial charge in [0.25, 0.3) is 0 Å². The number of carboxylic acid groups (broad SMARTS) is 1. The smallest absolute Gasteiger partial charge is 0.339 e. The van der Waals surface area contributed by atoms with Gasteiger partial charge in [-0.3, -0.25) is 4.98 Å². The average Bonchev–Trinajstić information content (AvgIpc) is 2.40. The third-order valence-electron chi connectivity index (χ3n) is 2.53. The molecule has 0 aliphatic carbocycles. The highest BCUT2D eigenvalue weighted by molar-refractivity contribution is 5.93. The van der Waals surface area contributed by atoms with Gasteiger partial charge in [-0.2, -0.15) is 0 Å². The SMILES string of the molecule is O=C(O)c1cnccc1NCc1cc(F)ccc1F. The lowest BCUT2D eigenvalue weighted by Gasteiger charge is -2.09. The van der Waals surface area contributed by atoms with E-state index in [0.29, 0.717) is 5.69 Å². The van der Waals surface area contributed by atoms with Crippen molar-refractivity contribution in [1.29, 1.82) is 0 Å². The summed E-state index contributed by atoms with van der Waals surface area (Å²) in [5.41, 5.74) is 0.388. The molecule has 1 heterocycles. The quantitative estimate of drug-likeness (QED) is 0.891. The zero-order valence-corrected chi connectivity index (χ0v) is 9.73. The van der Waals surface area contributed by atoms with E-state index in [0.717, 1.165) is 18.2 Å². The second-order valence-corrected chi connectivity index (χ2v) is 3.82. The molecule has 19 heavy (non-hydrogen) atoms. The Morgan fingerprint density at radius 3 is 2.84 bits per heavy atom. The van der Waals surface area contributed by atoms with E-state index in [9.17, 15) is 13.6 Å². The number of benzene rings is 1. The van der Waals surface area contributed by atoms with E-state index in [2.05, 4.69) is 10.3 Å². The molecule has 0 aliphatic rings. The van der Waals surface area contributed by atoms with E-state index in [-0.39, 0.29) is 17.7 Å². The zero-order valence-electron chi connectivity index (χ0n) is 9.73. The van der Waals surface area contributed by atoms with Gasteiger partial charge >= 0.3 is 5.97 Å². The summed E-state index contributed by atoms with van der Waals surface area (Å²) in [4.78, 5) is 14.6. The molecule has 2 aromatic rings. The van der Waals surface area contributed by atoms with Crippen molar-refractivity contribution in [2.75, 3.05) is 5.32 Å². The zero-order chi connectivity index (χ0) is 13.8.